The van der Waals surface area contributed by atoms with Gasteiger partial charge in [-0.25, -0.2) is 13.1 Å². The van der Waals surface area contributed by atoms with Crippen LogP contribution in [-0.4, -0.2) is 69.5 Å². The standard InChI is InChI=1S/C19H29N3O4S/c1-2-21-11-13-22(14-12-21)19(23)15-20-27(24,25)18-9-7-17(8-10-18)26-16-5-3-4-6-16/h7-10,16,20H,2-6,11-15H2,1H3. The third kappa shape index (κ3) is 5.43. The first-order chi connectivity index (χ1) is 13.0. The Bertz CT molecular complexity index is 722. The third-order valence-corrected chi connectivity index (χ3v) is 6.74. The summed E-state index contributed by atoms with van der Waals surface area (Å²) in [6.07, 6.45) is 4.70. The van der Waals surface area contributed by atoms with Crippen molar-refractivity contribution >= 4 is 15.9 Å². The van der Waals surface area contributed by atoms with E-state index in [-0.39, 0.29) is 23.5 Å². The maximum absolute atomic E-state index is 12.4. The Morgan fingerprint density at radius 2 is 1.74 bits per heavy atom. The maximum Gasteiger partial charge on any atom is 0.241 e. The quantitative estimate of drug-likeness (QED) is 0.756. The molecule has 0 unspecified atom stereocenters. The molecule has 1 aromatic rings. The predicted octanol–water partition coefficient (Wildman–Crippen LogP) is 1.45. The van der Waals surface area contributed by atoms with Gasteiger partial charge in [-0.3, -0.25) is 4.79 Å². The number of sulfonamides is 1. The molecule has 1 aromatic carbocycles. The molecule has 0 spiro atoms. The zero-order valence-electron chi connectivity index (χ0n) is 15.9. The van der Waals surface area contributed by atoms with E-state index in [2.05, 4.69) is 16.5 Å². The minimum atomic E-state index is -3.72. The van der Waals surface area contributed by atoms with Crippen LogP contribution in [0.3, 0.4) is 0 Å². The molecule has 0 aromatic heterocycles. The molecule has 3 rings (SSSR count). The van der Waals surface area contributed by atoms with E-state index in [9.17, 15) is 13.2 Å². The van der Waals surface area contributed by atoms with Gasteiger partial charge in [0.05, 0.1) is 17.5 Å². The van der Waals surface area contributed by atoms with Crippen LogP contribution in [0.25, 0.3) is 0 Å². The third-order valence-electron chi connectivity index (χ3n) is 5.32. The number of likely N-dealkylation sites (N-methyl/N-ethyl adjacent to an activating group) is 1. The fraction of sp³-hybridized carbons (Fsp3) is 0.632. The number of hydrogen-bond acceptors (Lipinski definition) is 5. The van der Waals surface area contributed by atoms with Gasteiger partial charge in [0.2, 0.25) is 15.9 Å². The molecule has 7 nitrogen and oxygen atoms in total. The van der Waals surface area contributed by atoms with E-state index in [1.54, 1.807) is 17.0 Å². The number of carbonyl (C=O) groups is 1. The van der Waals surface area contributed by atoms with Gasteiger partial charge in [-0.15, -0.1) is 0 Å². The Balaban J connectivity index is 1.51. The number of piperazine rings is 1. The molecular formula is C19H29N3O4S. The van der Waals surface area contributed by atoms with Crippen LogP contribution >= 0.6 is 0 Å². The molecule has 1 saturated heterocycles. The van der Waals surface area contributed by atoms with Crippen molar-refractivity contribution in [2.75, 3.05) is 39.3 Å². The van der Waals surface area contributed by atoms with Crippen LogP contribution in [0.1, 0.15) is 32.6 Å². The summed E-state index contributed by atoms with van der Waals surface area (Å²) in [5, 5.41) is 0. The van der Waals surface area contributed by atoms with Crippen LogP contribution in [0, 0.1) is 0 Å². The number of ether oxygens (including phenoxy) is 1. The molecule has 2 fully saturated rings. The molecule has 1 heterocycles. The molecule has 1 aliphatic carbocycles. The second-order valence-electron chi connectivity index (χ2n) is 7.14. The van der Waals surface area contributed by atoms with Gasteiger partial charge in [0.15, 0.2) is 0 Å². The molecule has 1 amide bonds. The van der Waals surface area contributed by atoms with E-state index in [1.807, 2.05) is 0 Å². The highest BCUT2D eigenvalue weighted by atomic mass is 32.2. The maximum atomic E-state index is 12.4. The molecule has 0 radical (unpaired) electrons. The Labute approximate surface area is 161 Å². The van der Waals surface area contributed by atoms with Crippen molar-refractivity contribution in [1.29, 1.82) is 0 Å². The predicted molar refractivity (Wildman–Crippen MR) is 103 cm³/mol. The highest BCUT2D eigenvalue weighted by Crippen LogP contribution is 2.24. The topological polar surface area (TPSA) is 79.0 Å². The average Bonchev–Trinajstić information content (AvgIpc) is 3.20. The lowest BCUT2D eigenvalue weighted by atomic mass is 10.3. The number of nitrogens with one attached hydrogen (secondary N) is 1. The fourth-order valence-corrected chi connectivity index (χ4v) is 4.54. The second kappa shape index (κ2) is 9.03. The molecule has 1 saturated carbocycles. The number of benzene rings is 1. The molecule has 0 atom stereocenters. The van der Waals surface area contributed by atoms with Gasteiger partial charge in [-0.1, -0.05) is 6.92 Å². The van der Waals surface area contributed by atoms with E-state index in [0.29, 0.717) is 18.8 Å². The lowest BCUT2D eigenvalue weighted by molar-refractivity contribution is -0.131. The lowest BCUT2D eigenvalue weighted by Crippen LogP contribution is -2.51. The van der Waals surface area contributed by atoms with Crippen LogP contribution in [0.2, 0.25) is 0 Å². The summed E-state index contributed by atoms with van der Waals surface area (Å²) in [4.78, 5) is 16.4. The summed E-state index contributed by atoms with van der Waals surface area (Å²) in [5.74, 6) is 0.501. The lowest BCUT2D eigenvalue weighted by Gasteiger charge is -2.34. The number of carbonyl (C=O) groups excluding carboxylic acids is 1. The van der Waals surface area contributed by atoms with E-state index in [1.165, 1.54) is 25.0 Å². The summed E-state index contributed by atoms with van der Waals surface area (Å²) in [6, 6.07) is 6.41. The van der Waals surface area contributed by atoms with Crippen molar-refractivity contribution in [1.82, 2.24) is 14.5 Å². The van der Waals surface area contributed by atoms with Crippen LogP contribution in [-0.2, 0) is 14.8 Å². The van der Waals surface area contributed by atoms with Crippen molar-refractivity contribution in [2.45, 2.75) is 43.6 Å². The van der Waals surface area contributed by atoms with Crippen molar-refractivity contribution < 1.29 is 17.9 Å². The molecule has 8 heteroatoms. The van der Waals surface area contributed by atoms with Crippen LogP contribution in [0.4, 0.5) is 0 Å². The van der Waals surface area contributed by atoms with Crippen LogP contribution < -0.4 is 9.46 Å². The zero-order valence-corrected chi connectivity index (χ0v) is 16.7. The van der Waals surface area contributed by atoms with E-state index in [4.69, 9.17) is 4.74 Å². The smallest absolute Gasteiger partial charge is 0.241 e. The normalized spacial score (nSPS) is 19.4. The van der Waals surface area contributed by atoms with Crippen LogP contribution in [0.5, 0.6) is 5.75 Å². The molecular weight excluding hydrogens is 366 g/mol. The largest absolute Gasteiger partial charge is 0.490 e. The molecule has 150 valence electrons. The minimum absolute atomic E-state index is 0.143. The second-order valence-corrected chi connectivity index (χ2v) is 8.90. The number of nitrogens with zero attached hydrogens (tertiary/aromatic N) is 2. The van der Waals surface area contributed by atoms with Crippen molar-refractivity contribution in [3.63, 3.8) is 0 Å². The van der Waals surface area contributed by atoms with E-state index < -0.39 is 10.0 Å². The molecule has 1 N–H and O–H groups in total. The molecule has 0 bridgehead atoms. The average molecular weight is 396 g/mol. The van der Waals surface area contributed by atoms with Gasteiger partial charge in [0, 0.05) is 26.2 Å². The summed E-state index contributed by atoms with van der Waals surface area (Å²) < 4.78 is 33.2. The van der Waals surface area contributed by atoms with Gasteiger partial charge in [-0.2, -0.15) is 0 Å². The van der Waals surface area contributed by atoms with Gasteiger partial charge >= 0.3 is 0 Å². The molecule has 1 aliphatic heterocycles. The van der Waals surface area contributed by atoms with Gasteiger partial charge < -0.3 is 14.5 Å². The number of amides is 1. The van der Waals surface area contributed by atoms with Gasteiger partial charge in [0.1, 0.15) is 5.75 Å². The van der Waals surface area contributed by atoms with Crippen LogP contribution in [0.15, 0.2) is 29.2 Å². The Morgan fingerprint density at radius 3 is 2.33 bits per heavy atom. The minimum Gasteiger partial charge on any atom is -0.490 e. The highest BCUT2D eigenvalue weighted by Gasteiger charge is 2.23. The summed E-state index contributed by atoms with van der Waals surface area (Å²) >= 11 is 0. The summed E-state index contributed by atoms with van der Waals surface area (Å²) in [6.45, 7) is 5.79. The van der Waals surface area contributed by atoms with Crippen molar-refractivity contribution in [3.8, 4) is 5.75 Å². The first kappa shape index (κ1) is 20.1. The first-order valence-electron chi connectivity index (χ1n) is 9.74. The first-order valence-corrected chi connectivity index (χ1v) is 11.2. The van der Waals surface area contributed by atoms with E-state index in [0.717, 1.165) is 32.5 Å². The Morgan fingerprint density at radius 1 is 1.11 bits per heavy atom. The number of rotatable bonds is 7. The van der Waals surface area contributed by atoms with Gasteiger partial charge in [-0.05, 0) is 56.5 Å². The summed E-state index contributed by atoms with van der Waals surface area (Å²) in [5.41, 5.74) is 0. The van der Waals surface area contributed by atoms with Crippen molar-refractivity contribution in [3.05, 3.63) is 24.3 Å². The summed E-state index contributed by atoms with van der Waals surface area (Å²) in [7, 11) is -3.72. The molecule has 2 aliphatic rings. The van der Waals surface area contributed by atoms with Crippen molar-refractivity contribution in [2.24, 2.45) is 0 Å². The number of hydrogen-bond donors (Lipinski definition) is 1. The Kier molecular flexibility index (Phi) is 6.73. The van der Waals surface area contributed by atoms with E-state index >= 15 is 0 Å². The zero-order chi connectivity index (χ0) is 19.3. The fourth-order valence-electron chi connectivity index (χ4n) is 3.56. The highest BCUT2D eigenvalue weighted by molar-refractivity contribution is 7.89. The SMILES string of the molecule is CCN1CCN(C(=O)CNS(=O)(=O)c2ccc(OC3CCCC3)cc2)CC1. The molecule has 27 heavy (non-hydrogen) atoms. The Hall–Kier alpha value is -1.64. The van der Waals surface area contributed by atoms with Gasteiger partial charge in [0.25, 0.3) is 0 Å². The monoisotopic (exact) mass is 395 g/mol.